The van der Waals surface area contributed by atoms with Crippen molar-refractivity contribution in [3.63, 3.8) is 0 Å². The molecule has 8 unspecified atom stereocenters. The number of aliphatic hydroxyl groups is 3. The van der Waals surface area contributed by atoms with Gasteiger partial charge in [0.2, 0.25) is 0 Å². The predicted octanol–water partition coefficient (Wildman–Crippen LogP) is 4.88. The zero-order valence-corrected chi connectivity index (χ0v) is 30.7. The highest BCUT2D eigenvalue weighted by molar-refractivity contribution is 5.70. The molecule has 3 aliphatic rings. The number of hydrogen-bond donors (Lipinski definition) is 3. The summed E-state index contributed by atoms with van der Waals surface area (Å²) in [6.07, 6.45) is 4.59. The van der Waals surface area contributed by atoms with E-state index in [2.05, 4.69) is 25.7 Å². The fourth-order valence-electron chi connectivity index (χ4n) is 6.69. The van der Waals surface area contributed by atoms with E-state index in [9.17, 15) is 24.9 Å². The standard InChI is InChI=1S/C37H62N2O9/c1-10-29(45-9)27(6)34-30(46-34)23-36(7,43)16-11-12-25(4)33-26(5)13-14-31(37(8,44)17-15-28(40)22-32(41)48-33)47-35(42)39-20-18-38(19-21-39)24(2)3/h12-14,24,26,28-31,33,40,43-44H,10-11,15-23H2,1-9H3/b14-13+,25-12+,34-27?. The third kappa shape index (κ3) is 11.6. The molecule has 3 aliphatic heterocycles. The minimum atomic E-state index is -1.47. The monoisotopic (exact) mass is 678 g/mol. The average Bonchev–Trinajstić information content (AvgIpc) is 3.78. The van der Waals surface area contributed by atoms with Crippen molar-refractivity contribution in [2.45, 2.75) is 148 Å². The number of epoxide rings is 1. The number of allylic oxidation sites excluding steroid dienone is 1. The van der Waals surface area contributed by atoms with E-state index in [1.54, 1.807) is 31.9 Å². The van der Waals surface area contributed by atoms with Gasteiger partial charge in [0.05, 0.1) is 24.2 Å². The molecule has 0 aromatic carbocycles. The summed E-state index contributed by atoms with van der Waals surface area (Å²) in [5.41, 5.74) is -0.574. The quantitative estimate of drug-likeness (QED) is 0.157. The van der Waals surface area contributed by atoms with Gasteiger partial charge in [-0.3, -0.25) is 9.69 Å². The first-order valence-electron chi connectivity index (χ1n) is 17.7. The summed E-state index contributed by atoms with van der Waals surface area (Å²) < 4.78 is 23.1. The van der Waals surface area contributed by atoms with Crippen molar-refractivity contribution in [2.75, 3.05) is 33.3 Å². The molecule has 274 valence electrons. The van der Waals surface area contributed by atoms with Crippen molar-refractivity contribution in [3.05, 3.63) is 35.1 Å². The van der Waals surface area contributed by atoms with Crippen LogP contribution in [0.15, 0.2) is 35.1 Å². The smallest absolute Gasteiger partial charge is 0.410 e. The number of esters is 1. The van der Waals surface area contributed by atoms with E-state index in [-0.39, 0.29) is 37.4 Å². The Hall–Kier alpha value is -2.44. The van der Waals surface area contributed by atoms with Gasteiger partial charge < -0.3 is 39.2 Å². The summed E-state index contributed by atoms with van der Waals surface area (Å²) >= 11 is 0. The number of carbonyl (C=O) groups excluding carboxylic acids is 2. The Bertz CT molecular complexity index is 1170. The maximum Gasteiger partial charge on any atom is 0.410 e. The minimum Gasteiger partial charge on any atom is -0.483 e. The van der Waals surface area contributed by atoms with Crippen LogP contribution >= 0.6 is 0 Å². The first-order valence-corrected chi connectivity index (χ1v) is 17.7. The predicted molar refractivity (Wildman–Crippen MR) is 184 cm³/mol. The molecule has 2 fully saturated rings. The Balaban J connectivity index is 1.71. The number of cyclic esters (lactones) is 1. The molecule has 3 rings (SSSR count). The fraction of sp³-hybridized carbons (Fsp3) is 0.784. The van der Waals surface area contributed by atoms with Gasteiger partial charge in [-0.2, -0.15) is 0 Å². The Morgan fingerprint density at radius 1 is 1.19 bits per heavy atom. The van der Waals surface area contributed by atoms with Gasteiger partial charge in [0.25, 0.3) is 0 Å². The maximum atomic E-state index is 13.2. The van der Waals surface area contributed by atoms with E-state index < -0.39 is 41.6 Å². The normalized spacial score (nSPS) is 33.0. The zero-order valence-electron chi connectivity index (χ0n) is 30.7. The van der Waals surface area contributed by atoms with Crippen LogP contribution in [0.2, 0.25) is 0 Å². The molecule has 0 aromatic heterocycles. The van der Waals surface area contributed by atoms with E-state index >= 15 is 0 Å². The summed E-state index contributed by atoms with van der Waals surface area (Å²) in [5, 5.41) is 33.2. The van der Waals surface area contributed by atoms with Crippen molar-refractivity contribution >= 4 is 12.1 Å². The van der Waals surface area contributed by atoms with Crippen LogP contribution < -0.4 is 0 Å². The van der Waals surface area contributed by atoms with Crippen LogP contribution in [0.4, 0.5) is 4.79 Å². The first-order chi connectivity index (χ1) is 22.5. The molecule has 0 spiro atoms. The Morgan fingerprint density at radius 2 is 1.85 bits per heavy atom. The lowest BCUT2D eigenvalue weighted by atomic mass is 9.88. The Labute approximate surface area is 287 Å². The first kappa shape index (κ1) is 40.0. The van der Waals surface area contributed by atoms with Crippen molar-refractivity contribution in [3.8, 4) is 0 Å². The second-order valence-electron chi connectivity index (χ2n) is 14.8. The highest BCUT2D eigenvalue weighted by Crippen LogP contribution is 2.39. The molecular weight excluding hydrogens is 616 g/mol. The third-order valence-corrected chi connectivity index (χ3v) is 10.1. The molecular formula is C37H62N2O9. The van der Waals surface area contributed by atoms with E-state index in [4.69, 9.17) is 18.9 Å². The number of amides is 1. The van der Waals surface area contributed by atoms with Crippen LogP contribution in [0.25, 0.3) is 0 Å². The molecule has 3 N–H and O–H groups in total. The number of methoxy groups -OCH3 is 1. The summed E-state index contributed by atoms with van der Waals surface area (Å²) in [6.45, 7) is 18.1. The molecule has 0 radical (unpaired) electrons. The third-order valence-electron chi connectivity index (χ3n) is 10.1. The number of nitrogens with zero attached hydrogens (tertiary/aromatic N) is 2. The minimum absolute atomic E-state index is 0.00511. The van der Waals surface area contributed by atoms with E-state index in [0.29, 0.717) is 38.4 Å². The molecule has 11 heteroatoms. The number of aliphatic hydroxyl groups excluding tert-OH is 1. The zero-order chi connectivity index (χ0) is 35.8. The maximum absolute atomic E-state index is 13.2. The van der Waals surface area contributed by atoms with E-state index in [1.807, 2.05) is 32.9 Å². The van der Waals surface area contributed by atoms with Crippen LogP contribution in [0.3, 0.4) is 0 Å². The van der Waals surface area contributed by atoms with E-state index in [0.717, 1.165) is 36.4 Å². The number of rotatable bonds is 11. The van der Waals surface area contributed by atoms with Gasteiger partial charge >= 0.3 is 12.1 Å². The van der Waals surface area contributed by atoms with Gasteiger partial charge in [0.15, 0.2) is 12.2 Å². The van der Waals surface area contributed by atoms with Gasteiger partial charge in [-0.05, 0) is 90.9 Å². The van der Waals surface area contributed by atoms with Gasteiger partial charge in [0.1, 0.15) is 17.5 Å². The molecule has 11 nitrogen and oxygen atoms in total. The number of piperazine rings is 1. The summed E-state index contributed by atoms with van der Waals surface area (Å²) in [5.74, 6) is 0.0326. The SMILES string of the molecule is CCC(OC)C(C)=C1OC1CC(C)(O)CC/C=C(\C)C1OC(=O)CC(O)CCC(C)(O)C(OC(=O)N2CCN(C(C)C)CC2)/C=C/C1C. The summed E-state index contributed by atoms with van der Waals surface area (Å²) in [4.78, 5) is 30.1. The van der Waals surface area contributed by atoms with Crippen molar-refractivity contribution in [1.29, 1.82) is 0 Å². The van der Waals surface area contributed by atoms with Gasteiger partial charge in [-0.25, -0.2) is 4.79 Å². The van der Waals surface area contributed by atoms with Crippen LogP contribution in [-0.4, -0.2) is 118 Å². The topological polar surface area (TPSA) is 142 Å². The lowest BCUT2D eigenvalue weighted by Crippen LogP contribution is -2.52. The molecule has 2 saturated heterocycles. The molecule has 0 bridgehead atoms. The second kappa shape index (κ2) is 17.5. The van der Waals surface area contributed by atoms with Crippen LogP contribution in [0.1, 0.15) is 100 Å². The molecule has 8 atom stereocenters. The fourth-order valence-corrected chi connectivity index (χ4v) is 6.69. The molecule has 48 heavy (non-hydrogen) atoms. The molecule has 0 aromatic rings. The molecule has 1 amide bonds. The lowest BCUT2D eigenvalue weighted by Gasteiger charge is -2.38. The van der Waals surface area contributed by atoms with Crippen molar-refractivity contribution in [2.24, 2.45) is 5.92 Å². The number of ether oxygens (including phenoxy) is 4. The second-order valence-corrected chi connectivity index (χ2v) is 14.8. The van der Waals surface area contributed by atoms with Crippen molar-refractivity contribution < 1.29 is 43.9 Å². The molecule has 0 saturated carbocycles. The van der Waals surface area contributed by atoms with Gasteiger partial charge in [0, 0.05) is 51.7 Å². The average molecular weight is 679 g/mol. The number of hydrogen-bond acceptors (Lipinski definition) is 10. The Morgan fingerprint density at radius 3 is 2.46 bits per heavy atom. The molecule has 0 aliphatic carbocycles. The largest absolute Gasteiger partial charge is 0.483 e. The summed E-state index contributed by atoms with van der Waals surface area (Å²) in [6, 6.07) is 0.395. The Kier molecular flexibility index (Phi) is 14.6. The van der Waals surface area contributed by atoms with Crippen LogP contribution in [0, 0.1) is 5.92 Å². The van der Waals surface area contributed by atoms with E-state index in [1.165, 1.54) is 0 Å². The lowest BCUT2D eigenvalue weighted by molar-refractivity contribution is -0.151. The van der Waals surface area contributed by atoms with Crippen LogP contribution in [0.5, 0.6) is 0 Å². The van der Waals surface area contributed by atoms with Crippen molar-refractivity contribution in [1.82, 2.24) is 9.80 Å². The van der Waals surface area contributed by atoms with Gasteiger partial charge in [-0.15, -0.1) is 0 Å². The summed E-state index contributed by atoms with van der Waals surface area (Å²) in [7, 11) is 1.69. The highest BCUT2D eigenvalue weighted by atomic mass is 16.6. The van der Waals surface area contributed by atoms with Crippen LogP contribution in [-0.2, 0) is 23.7 Å². The molecule has 3 heterocycles. The highest BCUT2D eigenvalue weighted by Gasteiger charge is 2.41. The van der Waals surface area contributed by atoms with Gasteiger partial charge in [-0.1, -0.05) is 26.0 Å². The number of carbonyl (C=O) groups is 2.